The maximum Gasteiger partial charge on any atom is 0.407 e. The van der Waals surface area contributed by atoms with Crippen molar-refractivity contribution in [2.75, 3.05) is 6.61 Å². The topological polar surface area (TPSA) is 64.6 Å². The fourth-order valence-corrected chi connectivity index (χ4v) is 3.98. The molecule has 1 amide bonds. The molecule has 1 aliphatic carbocycles. The number of fused-ring (bicyclic) bond motifs is 1. The van der Waals surface area contributed by atoms with Crippen LogP contribution in [0.25, 0.3) is 0 Å². The van der Waals surface area contributed by atoms with E-state index < -0.39 is 11.7 Å². The number of halogens is 1. The van der Waals surface area contributed by atoms with Gasteiger partial charge in [-0.2, -0.15) is 0 Å². The second-order valence-electron chi connectivity index (χ2n) is 6.47. The molecule has 0 aromatic carbocycles. The zero-order chi connectivity index (χ0) is 17.2. The van der Waals surface area contributed by atoms with E-state index in [9.17, 15) is 9.59 Å². The van der Waals surface area contributed by atoms with Gasteiger partial charge in [0.25, 0.3) is 0 Å². The molecule has 1 N–H and O–H groups in total. The van der Waals surface area contributed by atoms with Crippen molar-refractivity contribution >= 4 is 35.0 Å². The summed E-state index contributed by atoms with van der Waals surface area (Å²) < 4.78 is 11.0. The van der Waals surface area contributed by atoms with Gasteiger partial charge in [-0.1, -0.05) is 11.6 Å². The van der Waals surface area contributed by atoms with Crippen molar-refractivity contribution in [3.8, 4) is 0 Å². The van der Waals surface area contributed by atoms with Gasteiger partial charge in [0.2, 0.25) is 0 Å². The van der Waals surface area contributed by atoms with Crippen LogP contribution in [0.15, 0.2) is 0 Å². The number of carbonyl (C=O) groups is 2. The molecule has 1 aliphatic rings. The van der Waals surface area contributed by atoms with Gasteiger partial charge in [-0.3, -0.25) is 0 Å². The van der Waals surface area contributed by atoms with E-state index in [1.165, 1.54) is 11.3 Å². The maximum atomic E-state index is 12.0. The number of hydrogen-bond donors (Lipinski definition) is 1. The normalized spacial score (nSPS) is 17.3. The monoisotopic (exact) mass is 359 g/mol. The number of carbonyl (C=O) groups excluding carboxylic acids is 2. The van der Waals surface area contributed by atoms with Gasteiger partial charge in [0.15, 0.2) is 0 Å². The predicted molar refractivity (Wildman–Crippen MR) is 90.5 cm³/mol. The Morgan fingerprint density at radius 2 is 2.04 bits per heavy atom. The molecular weight excluding hydrogens is 338 g/mol. The molecule has 1 heterocycles. The number of thiophene rings is 1. The van der Waals surface area contributed by atoms with Gasteiger partial charge in [-0.25, -0.2) is 9.59 Å². The van der Waals surface area contributed by atoms with Gasteiger partial charge in [0.05, 0.1) is 10.9 Å². The molecule has 7 heteroatoms. The number of amides is 1. The SMILES string of the molecule is CCOC(=O)c1sc(Cl)c2c1CCC(NC(=O)OC(C)(C)C)C2. The summed E-state index contributed by atoms with van der Waals surface area (Å²) in [6.45, 7) is 7.60. The lowest BCUT2D eigenvalue weighted by atomic mass is 9.90. The highest BCUT2D eigenvalue weighted by atomic mass is 35.5. The smallest absolute Gasteiger partial charge is 0.407 e. The number of rotatable bonds is 3. The molecule has 2 rings (SSSR count). The molecule has 0 saturated carbocycles. The summed E-state index contributed by atoms with van der Waals surface area (Å²) in [7, 11) is 0. The standard InChI is InChI=1S/C16H22ClNO4S/c1-5-21-14(19)12-10-7-6-9(8-11(10)13(17)23-12)18-15(20)22-16(2,3)4/h9H,5-8H2,1-4H3,(H,18,20). The summed E-state index contributed by atoms with van der Waals surface area (Å²) >= 11 is 7.54. The third-order valence-electron chi connectivity index (χ3n) is 3.44. The van der Waals surface area contributed by atoms with Crippen molar-refractivity contribution in [1.29, 1.82) is 0 Å². The largest absolute Gasteiger partial charge is 0.462 e. The van der Waals surface area contributed by atoms with Gasteiger partial charge in [0.1, 0.15) is 10.5 Å². The fourth-order valence-electron chi connectivity index (χ4n) is 2.56. The van der Waals surface area contributed by atoms with E-state index in [4.69, 9.17) is 21.1 Å². The van der Waals surface area contributed by atoms with Crippen molar-refractivity contribution < 1.29 is 19.1 Å². The molecule has 0 aliphatic heterocycles. The molecule has 0 radical (unpaired) electrons. The van der Waals surface area contributed by atoms with Crippen LogP contribution in [0.1, 0.15) is 54.9 Å². The molecule has 1 atom stereocenters. The van der Waals surface area contributed by atoms with Crippen LogP contribution in [-0.4, -0.2) is 30.3 Å². The van der Waals surface area contributed by atoms with Gasteiger partial charge < -0.3 is 14.8 Å². The molecule has 1 aromatic rings. The number of nitrogens with one attached hydrogen (secondary N) is 1. The summed E-state index contributed by atoms with van der Waals surface area (Å²) in [5.41, 5.74) is 1.37. The first kappa shape index (κ1) is 18.1. The minimum absolute atomic E-state index is 0.0421. The average molecular weight is 360 g/mol. The van der Waals surface area contributed by atoms with Crippen LogP contribution in [0.3, 0.4) is 0 Å². The zero-order valence-electron chi connectivity index (χ0n) is 13.8. The van der Waals surface area contributed by atoms with Gasteiger partial charge in [0, 0.05) is 6.04 Å². The molecule has 1 aromatic heterocycles. The van der Waals surface area contributed by atoms with Gasteiger partial charge >= 0.3 is 12.1 Å². The highest BCUT2D eigenvalue weighted by molar-refractivity contribution is 7.18. The number of ether oxygens (including phenoxy) is 2. The molecule has 0 spiro atoms. The molecule has 128 valence electrons. The molecular formula is C16H22ClNO4S. The molecule has 0 saturated heterocycles. The quantitative estimate of drug-likeness (QED) is 0.829. The first-order valence-corrected chi connectivity index (χ1v) is 8.87. The van der Waals surface area contributed by atoms with Crippen LogP contribution in [0.5, 0.6) is 0 Å². The Morgan fingerprint density at radius 1 is 1.35 bits per heavy atom. The Hall–Kier alpha value is -1.27. The van der Waals surface area contributed by atoms with E-state index in [-0.39, 0.29) is 12.0 Å². The lowest BCUT2D eigenvalue weighted by molar-refractivity contribution is 0.0493. The summed E-state index contributed by atoms with van der Waals surface area (Å²) in [5, 5.41) is 2.88. The highest BCUT2D eigenvalue weighted by Gasteiger charge is 2.30. The second-order valence-corrected chi connectivity index (χ2v) is 8.09. The second kappa shape index (κ2) is 7.09. The minimum atomic E-state index is -0.527. The van der Waals surface area contributed by atoms with Crippen molar-refractivity contribution in [3.05, 3.63) is 20.3 Å². The van der Waals surface area contributed by atoms with E-state index in [1.54, 1.807) is 6.92 Å². The number of hydrogen-bond acceptors (Lipinski definition) is 5. The molecule has 0 fully saturated rings. The predicted octanol–water partition coefficient (Wildman–Crippen LogP) is 3.96. The first-order valence-electron chi connectivity index (χ1n) is 7.68. The van der Waals surface area contributed by atoms with E-state index in [1.807, 2.05) is 20.8 Å². The molecule has 1 unspecified atom stereocenters. The first-order chi connectivity index (χ1) is 10.7. The van der Waals surface area contributed by atoms with E-state index >= 15 is 0 Å². The minimum Gasteiger partial charge on any atom is -0.462 e. The fraction of sp³-hybridized carbons (Fsp3) is 0.625. The summed E-state index contributed by atoms with van der Waals surface area (Å²) in [6, 6.07) is -0.0421. The van der Waals surface area contributed by atoms with Crippen LogP contribution >= 0.6 is 22.9 Å². The Morgan fingerprint density at radius 3 is 2.65 bits per heavy atom. The van der Waals surface area contributed by atoms with Gasteiger partial charge in [-0.15, -0.1) is 11.3 Å². The van der Waals surface area contributed by atoms with Crippen molar-refractivity contribution in [3.63, 3.8) is 0 Å². The van der Waals surface area contributed by atoms with Crippen LogP contribution < -0.4 is 5.32 Å². The Kier molecular flexibility index (Phi) is 5.57. The van der Waals surface area contributed by atoms with Crippen LogP contribution in [0.4, 0.5) is 4.79 Å². The summed E-state index contributed by atoms with van der Waals surface area (Å²) in [4.78, 5) is 24.5. The van der Waals surface area contributed by atoms with Gasteiger partial charge in [-0.05, 0) is 58.1 Å². The Bertz CT molecular complexity index is 606. The van der Waals surface area contributed by atoms with Crippen molar-refractivity contribution in [2.24, 2.45) is 0 Å². The maximum absolute atomic E-state index is 12.0. The Labute approximate surface area is 145 Å². The van der Waals surface area contributed by atoms with E-state index in [0.717, 1.165) is 17.5 Å². The zero-order valence-corrected chi connectivity index (χ0v) is 15.4. The molecule has 0 bridgehead atoms. The summed E-state index contributed by atoms with van der Waals surface area (Å²) in [6.07, 6.45) is 1.60. The molecule has 5 nitrogen and oxygen atoms in total. The van der Waals surface area contributed by atoms with Crippen LogP contribution in [-0.2, 0) is 22.3 Å². The number of esters is 1. The van der Waals surface area contributed by atoms with E-state index in [2.05, 4.69) is 5.32 Å². The Balaban J connectivity index is 2.07. The van der Waals surface area contributed by atoms with Crippen LogP contribution in [0, 0.1) is 0 Å². The van der Waals surface area contributed by atoms with Crippen LogP contribution in [0.2, 0.25) is 4.34 Å². The summed E-state index contributed by atoms with van der Waals surface area (Å²) in [5.74, 6) is -0.320. The lowest BCUT2D eigenvalue weighted by Gasteiger charge is -2.26. The molecule has 23 heavy (non-hydrogen) atoms. The highest BCUT2D eigenvalue weighted by Crippen LogP contribution is 2.38. The third-order valence-corrected chi connectivity index (χ3v) is 4.94. The van der Waals surface area contributed by atoms with Crippen molar-refractivity contribution in [1.82, 2.24) is 5.32 Å². The third kappa shape index (κ3) is 4.61. The lowest BCUT2D eigenvalue weighted by Crippen LogP contribution is -2.41. The average Bonchev–Trinajstić information content (AvgIpc) is 2.74. The number of alkyl carbamates (subject to hydrolysis) is 1. The van der Waals surface area contributed by atoms with E-state index in [0.29, 0.717) is 28.7 Å². The van der Waals surface area contributed by atoms with Crippen molar-refractivity contribution in [2.45, 2.75) is 58.6 Å².